The minimum absolute atomic E-state index is 0.0482. The number of amides is 2. The molecular weight excluding hydrogens is 508 g/mol. The van der Waals surface area contributed by atoms with Crippen LogP contribution in [0.5, 0.6) is 0 Å². The summed E-state index contributed by atoms with van der Waals surface area (Å²) in [4.78, 5) is 39.4. The standard InChI is InChI=1S/C27H23ClN6O4/c1-4-32(17(3)15-33-26(35)21-7-5-6-8-22(21)27(33)36)19-9-10-24(16(2)11-19)30-31-25-18(14-29)12-20(34(37)38)13-23(25)28/h5-13,17H,4,15H2,1-3H3. The summed E-state index contributed by atoms with van der Waals surface area (Å²) in [7, 11) is 0. The first-order chi connectivity index (χ1) is 18.2. The molecule has 0 fully saturated rings. The van der Waals surface area contributed by atoms with E-state index >= 15 is 0 Å². The molecule has 1 unspecified atom stereocenters. The van der Waals surface area contributed by atoms with Crippen LogP contribution in [-0.2, 0) is 0 Å². The van der Waals surface area contributed by atoms with E-state index in [1.807, 2.05) is 39.0 Å². The zero-order chi connectivity index (χ0) is 27.6. The van der Waals surface area contributed by atoms with Crippen molar-refractivity contribution < 1.29 is 14.5 Å². The van der Waals surface area contributed by atoms with Crippen LogP contribution >= 0.6 is 11.6 Å². The molecule has 3 aromatic carbocycles. The van der Waals surface area contributed by atoms with E-state index in [9.17, 15) is 25.0 Å². The van der Waals surface area contributed by atoms with Gasteiger partial charge in [0.2, 0.25) is 0 Å². The first kappa shape index (κ1) is 26.4. The Morgan fingerprint density at radius 1 is 1.11 bits per heavy atom. The van der Waals surface area contributed by atoms with Gasteiger partial charge in [0.05, 0.1) is 32.3 Å². The smallest absolute Gasteiger partial charge is 0.272 e. The molecule has 0 spiro atoms. The van der Waals surface area contributed by atoms with E-state index in [0.29, 0.717) is 23.4 Å². The molecule has 192 valence electrons. The summed E-state index contributed by atoms with van der Waals surface area (Å²) >= 11 is 6.14. The monoisotopic (exact) mass is 530 g/mol. The van der Waals surface area contributed by atoms with Gasteiger partial charge in [0.1, 0.15) is 11.8 Å². The Bertz CT molecular complexity index is 1500. The molecule has 0 N–H and O–H groups in total. The van der Waals surface area contributed by atoms with E-state index in [2.05, 4.69) is 15.1 Å². The van der Waals surface area contributed by atoms with Crippen LogP contribution in [0.25, 0.3) is 0 Å². The number of nitro benzene ring substituents is 1. The van der Waals surface area contributed by atoms with Gasteiger partial charge in [-0.2, -0.15) is 10.4 Å². The van der Waals surface area contributed by atoms with Crippen LogP contribution in [0.4, 0.5) is 22.7 Å². The zero-order valence-electron chi connectivity index (χ0n) is 20.9. The second kappa shape index (κ2) is 10.8. The van der Waals surface area contributed by atoms with Gasteiger partial charge in [0, 0.05) is 37.0 Å². The van der Waals surface area contributed by atoms with E-state index in [4.69, 9.17) is 11.6 Å². The summed E-state index contributed by atoms with van der Waals surface area (Å²) in [6.45, 7) is 6.66. The van der Waals surface area contributed by atoms with Crippen LogP contribution < -0.4 is 4.90 Å². The number of carbonyl (C=O) groups is 2. The molecule has 11 heteroatoms. The zero-order valence-corrected chi connectivity index (χ0v) is 21.6. The van der Waals surface area contributed by atoms with Crippen molar-refractivity contribution in [3.8, 4) is 6.07 Å². The van der Waals surface area contributed by atoms with Crippen molar-refractivity contribution in [2.24, 2.45) is 10.2 Å². The largest absolute Gasteiger partial charge is 0.367 e. The van der Waals surface area contributed by atoms with Gasteiger partial charge < -0.3 is 4.90 Å². The molecule has 0 bridgehead atoms. The highest BCUT2D eigenvalue weighted by molar-refractivity contribution is 6.33. The summed E-state index contributed by atoms with van der Waals surface area (Å²) in [5, 5.41) is 28.7. The number of halogens is 1. The van der Waals surface area contributed by atoms with Crippen LogP contribution in [0.15, 0.2) is 64.8 Å². The number of aryl methyl sites for hydroxylation is 1. The van der Waals surface area contributed by atoms with Gasteiger partial charge in [-0.05, 0) is 56.7 Å². The Balaban J connectivity index is 1.54. The number of azo groups is 1. The number of hydrogen-bond donors (Lipinski definition) is 0. The molecule has 1 aliphatic heterocycles. The van der Waals surface area contributed by atoms with Crippen LogP contribution in [0.1, 0.15) is 45.7 Å². The number of nitro groups is 1. The Morgan fingerprint density at radius 2 is 1.76 bits per heavy atom. The molecular formula is C27H23ClN6O4. The lowest BCUT2D eigenvalue weighted by atomic mass is 10.1. The third-order valence-corrected chi connectivity index (χ3v) is 6.64. The molecule has 4 rings (SSSR count). The molecule has 1 atom stereocenters. The Kier molecular flexibility index (Phi) is 7.50. The molecule has 0 aliphatic carbocycles. The van der Waals surface area contributed by atoms with E-state index in [1.165, 1.54) is 4.90 Å². The molecule has 0 aromatic heterocycles. The summed E-state index contributed by atoms with van der Waals surface area (Å²) in [6, 6.07) is 16.3. The maximum Gasteiger partial charge on any atom is 0.272 e. The number of fused-ring (bicyclic) bond motifs is 1. The molecule has 0 radical (unpaired) electrons. The minimum atomic E-state index is -0.634. The van der Waals surface area contributed by atoms with Gasteiger partial charge in [0.15, 0.2) is 0 Å². The summed E-state index contributed by atoms with van der Waals surface area (Å²) < 4.78 is 0. The number of rotatable bonds is 8. The van der Waals surface area contributed by atoms with Crippen molar-refractivity contribution in [1.82, 2.24) is 4.90 Å². The highest BCUT2D eigenvalue weighted by Gasteiger charge is 2.36. The maximum absolute atomic E-state index is 12.8. The lowest BCUT2D eigenvalue weighted by Gasteiger charge is -2.32. The molecule has 10 nitrogen and oxygen atoms in total. The summed E-state index contributed by atoms with van der Waals surface area (Å²) in [5.41, 5.74) is 2.72. The lowest BCUT2D eigenvalue weighted by molar-refractivity contribution is -0.384. The number of benzene rings is 3. The van der Waals surface area contributed by atoms with Crippen molar-refractivity contribution in [3.63, 3.8) is 0 Å². The Hall–Kier alpha value is -4.62. The number of likely N-dealkylation sites (N-methyl/N-ethyl adjacent to an activating group) is 1. The van der Waals surface area contributed by atoms with Crippen molar-refractivity contribution >= 4 is 46.2 Å². The third kappa shape index (κ3) is 4.96. The van der Waals surface area contributed by atoms with Crippen LogP contribution in [-0.4, -0.2) is 40.8 Å². The van der Waals surface area contributed by atoms with Crippen LogP contribution in [0, 0.1) is 28.4 Å². The number of nitriles is 1. The predicted molar refractivity (Wildman–Crippen MR) is 142 cm³/mol. The SMILES string of the molecule is CCN(c1ccc(N=Nc2c(Cl)cc([N+](=O)[O-])cc2C#N)c(C)c1)C(C)CN1C(=O)c2ccccc2C1=O. The van der Waals surface area contributed by atoms with Crippen molar-refractivity contribution in [2.75, 3.05) is 18.0 Å². The highest BCUT2D eigenvalue weighted by atomic mass is 35.5. The first-order valence-electron chi connectivity index (χ1n) is 11.8. The fraction of sp³-hybridized carbons (Fsp3) is 0.222. The molecule has 38 heavy (non-hydrogen) atoms. The van der Waals surface area contributed by atoms with E-state index in [1.54, 1.807) is 30.3 Å². The number of nitrogens with zero attached hydrogens (tertiary/aromatic N) is 6. The van der Waals surface area contributed by atoms with Gasteiger partial charge in [-0.3, -0.25) is 24.6 Å². The van der Waals surface area contributed by atoms with Gasteiger partial charge in [0.25, 0.3) is 17.5 Å². The van der Waals surface area contributed by atoms with E-state index in [-0.39, 0.29) is 46.4 Å². The molecule has 2 amide bonds. The third-order valence-electron chi connectivity index (χ3n) is 6.35. The molecule has 3 aromatic rings. The van der Waals surface area contributed by atoms with Crippen molar-refractivity contribution in [2.45, 2.75) is 26.8 Å². The molecule has 0 saturated carbocycles. The second-order valence-corrected chi connectivity index (χ2v) is 9.17. The maximum atomic E-state index is 12.8. The number of non-ortho nitro benzene ring substituents is 1. The molecule has 0 saturated heterocycles. The lowest BCUT2D eigenvalue weighted by Crippen LogP contribution is -2.44. The highest BCUT2D eigenvalue weighted by Crippen LogP contribution is 2.35. The Labute approximate surface area is 223 Å². The Morgan fingerprint density at radius 3 is 2.32 bits per heavy atom. The van der Waals surface area contributed by atoms with Gasteiger partial charge >= 0.3 is 0 Å². The summed E-state index contributed by atoms with van der Waals surface area (Å²) in [5.74, 6) is -0.579. The van der Waals surface area contributed by atoms with Crippen molar-refractivity contribution in [1.29, 1.82) is 5.26 Å². The van der Waals surface area contributed by atoms with Crippen LogP contribution in [0.3, 0.4) is 0 Å². The van der Waals surface area contributed by atoms with Gasteiger partial charge in [-0.15, -0.1) is 5.11 Å². The fourth-order valence-electron chi connectivity index (χ4n) is 4.43. The average molecular weight is 531 g/mol. The number of imide groups is 1. The molecule has 1 aliphatic rings. The number of anilines is 1. The minimum Gasteiger partial charge on any atom is -0.367 e. The average Bonchev–Trinajstić information content (AvgIpc) is 3.13. The quantitative estimate of drug-likeness (QED) is 0.144. The van der Waals surface area contributed by atoms with Crippen LogP contribution in [0.2, 0.25) is 5.02 Å². The second-order valence-electron chi connectivity index (χ2n) is 8.76. The van der Waals surface area contributed by atoms with Crippen molar-refractivity contribution in [3.05, 3.63) is 92.0 Å². The van der Waals surface area contributed by atoms with Gasteiger partial charge in [-0.25, -0.2) is 0 Å². The summed E-state index contributed by atoms with van der Waals surface area (Å²) in [6.07, 6.45) is 0. The van der Waals surface area contributed by atoms with E-state index in [0.717, 1.165) is 23.4 Å². The fourth-order valence-corrected chi connectivity index (χ4v) is 4.68. The van der Waals surface area contributed by atoms with E-state index < -0.39 is 4.92 Å². The predicted octanol–water partition coefficient (Wildman–Crippen LogP) is 6.35. The number of hydrogen-bond acceptors (Lipinski definition) is 8. The first-order valence-corrected chi connectivity index (χ1v) is 12.2. The van der Waals surface area contributed by atoms with Gasteiger partial charge in [-0.1, -0.05) is 23.7 Å². The number of carbonyl (C=O) groups excluding carboxylic acids is 2. The normalized spacial score (nSPS) is 13.5. The topological polar surface area (TPSA) is 132 Å². The molecule has 1 heterocycles.